The molecule has 1 aromatic carbocycles. The minimum absolute atomic E-state index is 0.0746. The van der Waals surface area contributed by atoms with Gasteiger partial charge in [0.25, 0.3) is 5.91 Å². The minimum atomic E-state index is 0.0746. The number of hydrogen-bond donors (Lipinski definition) is 1. The molecule has 1 fully saturated rings. The van der Waals surface area contributed by atoms with Gasteiger partial charge in [0.2, 0.25) is 0 Å². The zero-order valence-corrected chi connectivity index (χ0v) is 11.3. The van der Waals surface area contributed by atoms with Crippen LogP contribution in [0.5, 0.6) is 0 Å². The van der Waals surface area contributed by atoms with E-state index in [2.05, 4.69) is 0 Å². The Balaban J connectivity index is 2.14. The van der Waals surface area contributed by atoms with E-state index in [-0.39, 0.29) is 5.91 Å². The topological polar surface area (TPSA) is 46.3 Å². The monoisotopic (exact) mass is 246 g/mol. The molecule has 1 amide bonds. The Hall–Kier alpha value is -1.51. The van der Waals surface area contributed by atoms with E-state index in [1.54, 1.807) is 0 Å². The first-order chi connectivity index (χ1) is 8.61. The van der Waals surface area contributed by atoms with E-state index in [1.807, 2.05) is 36.9 Å². The summed E-state index contributed by atoms with van der Waals surface area (Å²) in [7, 11) is 0. The van der Waals surface area contributed by atoms with E-state index in [1.165, 1.54) is 19.3 Å². The highest BCUT2D eigenvalue weighted by molar-refractivity contribution is 5.99. The third-order valence-corrected chi connectivity index (χ3v) is 3.81. The lowest BCUT2D eigenvalue weighted by molar-refractivity contribution is 0.0707. The molecule has 0 saturated heterocycles. The summed E-state index contributed by atoms with van der Waals surface area (Å²) in [6.07, 6.45) is 3.82. The highest BCUT2D eigenvalue weighted by Crippen LogP contribution is 2.28. The first-order valence-corrected chi connectivity index (χ1v) is 6.77. The number of aryl methyl sites for hydroxylation is 1. The summed E-state index contributed by atoms with van der Waals surface area (Å²) in [6, 6.07) is 5.65. The van der Waals surface area contributed by atoms with Gasteiger partial charge in [-0.25, -0.2) is 0 Å². The molecular formula is C15H22N2O. The molecule has 0 aliphatic heterocycles. The number of hydrogen-bond acceptors (Lipinski definition) is 2. The standard InChI is InChI=1S/C15H22N2O/c1-3-17(10-12-5-4-6-12)15(18)13-9-11(2)7-8-14(13)16/h7-9,12H,3-6,10,16H2,1-2H3. The fourth-order valence-corrected chi connectivity index (χ4v) is 2.37. The number of benzene rings is 1. The Bertz CT molecular complexity index is 438. The van der Waals surface area contributed by atoms with Crippen molar-refractivity contribution in [2.45, 2.75) is 33.1 Å². The lowest BCUT2D eigenvalue weighted by Gasteiger charge is -2.32. The van der Waals surface area contributed by atoms with Crippen molar-refractivity contribution in [2.75, 3.05) is 18.8 Å². The molecule has 18 heavy (non-hydrogen) atoms. The molecule has 0 spiro atoms. The summed E-state index contributed by atoms with van der Waals surface area (Å²) in [5, 5.41) is 0. The molecular weight excluding hydrogens is 224 g/mol. The van der Waals surface area contributed by atoms with Crippen LogP contribution in [0.1, 0.15) is 42.1 Å². The second kappa shape index (κ2) is 5.42. The van der Waals surface area contributed by atoms with Gasteiger partial charge in [-0.1, -0.05) is 18.1 Å². The third kappa shape index (κ3) is 2.66. The van der Waals surface area contributed by atoms with Crippen molar-refractivity contribution in [2.24, 2.45) is 5.92 Å². The van der Waals surface area contributed by atoms with Crippen molar-refractivity contribution in [3.05, 3.63) is 29.3 Å². The van der Waals surface area contributed by atoms with Gasteiger partial charge in [0.05, 0.1) is 5.56 Å². The van der Waals surface area contributed by atoms with Gasteiger partial charge in [0, 0.05) is 18.8 Å². The van der Waals surface area contributed by atoms with E-state index in [0.717, 1.165) is 18.7 Å². The summed E-state index contributed by atoms with van der Waals surface area (Å²) in [5.74, 6) is 0.769. The maximum Gasteiger partial charge on any atom is 0.255 e. The van der Waals surface area contributed by atoms with E-state index in [9.17, 15) is 4.79 Å². The maximum absolute atomic E-state index is 12.5. The second-order valence-electron chi connectivity index (χ2n) is 5.23. The van der Waals surface area contributed by atoms with Crippen molar-refractivity contribution >= 4 is 11.6 Å². The smallest absolute Gasteiger partial charge is 0.255 e. The lowest BCUT2D eigenvalue weighted by Crippen LogP contribution is -2.37. The Morgan fingerprint density at radius 1 is 1.44 bits per heavy atom. The molecule has 1 aromatic rings. The predicted octanol–water partition coefficient (Wildman–Crippen LogP) is 2.84. The van der Waals surface area contributed by atoms with Gasteiger partial charge >= 0.3 is 0 Å². The predicted molar refractivity (Wildman–Crippen MR) is 74.5 cm³/mol. The van der Waals surface area contributed by atoms with Crippen LogP contribution in [-0.2, 0) is 0 Å². The quantitative estimate of drug-likeness (QED) is 0.830. The molecule has 3 heteroatoms. The van der Waals surface area contributed by atoms with Gasteiger partial charge < -0.3 is 10.6 Å². The van der Waals surface area contributed by atoms with Crippen LogP contribution in [0.25, 0.3) is 0 Å². The average Bonchev–Trinajstić information content (AvgIpc) is 2.30. The fourth-order valence-electron chi connectivity index (χ4n) is 2.37. The first-order valence-electron chi connectivity index (χ1n) is 6.77. The Kier molecular flexibility index (Phi) is 3.90. The fraction of sp³-hybridized carbons (Fsp3) is 0.533. The molecule has 1 aliphatic carbocycles. The number of nitrogens with zero attached hydrogens (tertiary/aromatic N) is 1. The van der Waals surface area contributed by atoms with Gasteiger partial charge in [0.15, 0.2) is 0 Å². The number of anilines is 1. The zero-order chi connectivity index (χ0) is 13.1. The van der Waals surface area contributed by atoms with Crippen LogP contribution in [0, 0.1) is 12.8 Å². The molecule has 0 atom stereocenters. The molecule has 0 unspecified atom stereocenters. The molecule has 2 N–H and O–H groups in total. The van der Waals surface area contributed by atoms with Gasteiger partial charge in [0.1, 0.15) is 0 Å². The van der Waals surface area contributed by atoms with Gasteiger partial charge in [-0.15, -0.1) is 0 Å². The molecule has 0 radical (unpaired) electrons. The van der Waals surface area contributed by atoms with Crippen LogP contribution in [0.4, 0.5) is 5.69 Å². The van der Waals surface area contributed by atoms with Crippen molar-refractivity contribution in [1.82, 2.24) is 4.90 Å². The Labute approximate surface area is 109 Å². The van der Waals surface area contributed by atoms with E-state index in [0.29, 0.717) is 17.2 Å². The van der Waals surface area contributed by atoms with Crippen molar-refractivity contribution in [3.8, 4) is 0 Å². The summed E-state index contributed by atoms with van der Waals surface area (Å²) >= 11 is 0. The highest BCUT2D eigenvalue weighted by atomic mass is 16.2. The Morgan fingerprint density at radius 3 is 2.72 bits per heavy atom. The molecule has 3 nitrogen and oxygen atoms in total. The van der Waals surface area contributed by atoms with Crippen LogP contribution in [-0.4, -0.2) is 23.9 Å². The first kappa shape index (κ1) is 12.9. The maximum atomic E-state index is 12.5. The van der Waals surface area contributed by atoms with Crippen LogP contribution in [0.15, 0.2) is 18.2 Å². The zero-order valence-electron chi connectivity index (χ0n) is 11.3. The minimum Gasteiger partial charge on any atom is -0.398 e. The van der Waals surface area contributed by atoms with Crippen molar-refractivity contribution in [3.63, 3.8) is 0 Å². The summed E-state index contributed by atoms with van der Waals surface area (Å²) in [4.78, 5) is 14.4. The van der Waals surface area contributed by atoms with Gasteiger partial charge in [-0.3, -0.25) is 4.79 Å². The summed E-state index contributed by atoms with van der Waals surface area (Å²) in [6.45, 7) is 5.65. The van der Waals surface area contributed by atoms with Crippen LogP contribution >= 0.6 is 0 Å². The summed E-state index contributed by atoms with van der Waals surface area (Å²) < 4.78 is 0. The highest BCUT2D eigenvalue weighted by Gasteiger charge is 2.24. The number of amides is 1. The average molecular weight is 246 g/mol. The molecule has 2 rings (SSSR count). The molecule has 0 bridgehead atoms. The van der Waals surface area contributed by atoms with E-state index in [4.69, 9.17) is 5.73 Å². The van der Waals surface area contributed by atoms with Crippen LogP contribution < -0.4 is 5.73 Å². The Morgan fingerprint density at radius 2 is 2.17 bits per heavy atom. The molecule has 0 aromatic heterocycles. The van der Waals surface area contributed by atoms with Crippen molar-refractivity contribution in [1.29, 1.82) is 0 Å². The van der Waals surface area contributed by atoms with Crippen molar-refractivity contribution < 1.29 is 4.79 Å². The molecule has 1 saturated carbocycles. The molecule has 0 heterocycles. The number of carbonyl (C=O) groups is 1. The number of nitrogen functional groups attached to an aromatic ring is 1. The summed E-state index contributed by atoms with van der Waals surface area (Å²) in [5.41, 5.74) is 8.22. The number of rotatable bonds is 4. The molecule has 98 valence electrons. The number of nitrogens with two attached hydrogens (primary N) is 1. The van der Waals surface area contributed by atoms with Gasteiger partial charge in [-0.05, 0) is 44.7 Å². The normalized spacial score (nSPS) is 15.2. The van der Waals surface area contributed by atoms with Crippen LogP contribution in [0.3, 0.4) is 0 Å². The third-order valence-electron chi connectivity index (χ3n) is 3.81. The second-order valence-corrected chi connectivity index (χ2v) is 5.23. The van der Waals surface area contributed by atoms with Crippen LogP contribution in [0.2, 0.25) is 0 Å². The van der Waals surface area contributed by atoms with Gasteiger partial charge in [-0.2, -0.15) is 0 Å². The largest absolute Gasteiger partial charge is 0.398 e. The lowest BCUT2D eigenvalue weighted by atomic mass is 9.85. The van der Waals surface area contributed by atoms with E-state index < -0.39 is 0 Å². The SMILES string of the molecule is CCN(CC1CCC1)C(=O)c1cc(C)ccc1N. The van der Waals surface area contributed by atoms with E-state index >= 15 is 0 Å². The number of carbonyl (C=O) groups excluding carboxylic acids is 1. The molecule has 1 aliphatic rings.